The minimum atomic E-state index is -0.832. The molecule has 32 heavy (non-hydrogen) atoms. The first kappa shape index (κ1) is 20.8. The van der Waals surface area contributed by atoms with Gasteiger partial charge < -0.3 is 10.1 Å². The van der Waals surface area contributed by atoms with Crippen LogP contribution in [0, 0.1) is 40.8 Å². The Morgan fingerprint density at radius 1 is 1.38 bits per heavy atom. The van der Waals surface area contributed by atoms with Crippen molar-refractivity contribution in [2.24, 2.45) is 28.7 Å². The molecule has 2 heterocycles. The smallest absolute Gasteiger partial charge is 0.348 e. The number of nitrogens with zero attached hydrogens (tertiary/aromatic N) is 2. The number of nitriles is 1. The van der Waals surface area contributed by atoms with Gasteiger partial charge in [0.25, 0.3) is 0 Å². The predicted octanol–water partition coefficient (Wildman–Crippen LogP) is 3.62. The topological polar surface area (TPSA) is 91.5 Å². The second-order valence-electron chi connectivity index (χ2n) is 8.79. The minimum absolute atomic E-state index is 0.0712. The van der Waals surface area contributed by atoms with Crippen molar-refractivity contribution in [3.63, 3.8) is 0 Å². The van der Waals surface area contributed by atoms with Gasteiger partial charge in [0.1, 0.15) is 22.8 Å². The molecule has 1 amide bonds. The van der Waals surface area contributed by atoms with E-state index in [1.165, 1.54) is 24.5 Å². The lowest BCUT2D eigenvalue weighted by atomic mass is 9.94. The molecule has 8 heteroatoms. The monoisotopic (exact) mass is 451 g/mol. The van der Waals surface area contributed by atoms with E-state index in [-0.39, 0.29) is 18.2 Å². The van der Waals surface area contributed by atoms with Crippen molar-refractivity contribution >= 4 is 28.9 Å². The molecule has 1 N–H and O–H groups in total. The van der Waals surface area contributed by atoms with Crippen LogP contribution < -0.4 is 5.32 Å². The first-order chi connectivity index (χ1) is 15.4. The van der Waals surface area contributed by atoms with Gasteiger partial charge in [-0.3, -0.25) is 9.79 Å². The molecule has 2 bridgehead atoms. The van der Waals surface area contributed by atoms with E-state index in [9.17, 15) is 19.2 Å². The Balaban J connectivity index is 1.25. The van der Waals surface area contributed by atoms with Gasteiger partial charge in [0.15, 0.2) is 0 Å². The first-order valence-corrected chi connectivity index (χ1v) is 11.5. The molecule has 2 aromatic rings. The second kappa shape index (κ2) is 7.82. The van der Waals surface area contributed by atoms with Crippen LogP contribution in [-0.2, 0) is 16.0 Å². The van der Waals surface area contributed by atoms with Crippen molar-refractivity contribution in [3.8, 4) is 17.2 Å². The number of methoxy groups -OCH3 is 1. The average molecular weight is 452 g/mol. The highest BCUT2D eigenvalue weighted by atomic mass is 32.1. The highest BCUT2D eigenvalue weighted by Gasteiger charge is 2.64. The molecule has 6 atom stereocenters. The highest BCUT2D eigenvalue weighted by molar-refractivity contribution is 7.12. The van der Waals surface area contributed by atoms with Gasteiger partial charge in [0.05, 0.1) is 13.2 Å². The lowest BCUT2D eigenvalue weighted by Crippen LogP contribution is -2.43. The molecule has 6 unspecified atom stereocenters. The summed E-state index contributed by atoms with van der Waals surface area (Å²) in [4.78, 5) is 29.4. The van der Waals surface area contributed by atoms with Crippen molar-refractivity contribution < 1.29 is 18.7 Å². The van der Waals surface area contributed by atoms with Crippen molar-refractivity contribution in [1.29, 1.82) is 5.26 Å². The molecule has 0 spiro atoms. The van der Waals surface area contributed by atoms with Crippen LogP contribution in [0.25, 0.3) is 11.1 Å². The summed E-state index contributed by atoms with van der Waals surface area (Å²) in [5.41, 5.74) is 2.85. The lowest BCUT2D eigenvalue weighted by Gasteiger charge is -2.20. The summed E-state index contributed by atoms with van der Waals surface area (Å²) in [6.45, 7) is 2.20. The number of esters is 1. The van der Waals surface area contributed by atoms with Gasteiger partial charge in [0, 0.05) is 18.1 Å². The van der Waals surface area contributed by atoms with Gasteiger partial charge in [-0.25, -0.2) is 9.18 Å². The number of benzene rings is 1. The fourth-order valence-electron chi connectivity index (χ4n) is 5.37. The highest BCUT2D eigenvalue weighted by Crippen LogP contribution is 2.62. The molecular formula is C24H22FN3O3S. The van der Waals surface area contributed by atoms with Crippen LogP contribution in [0.3, 0.4) is 0 Å². The Morgan fingerprint density at radius 3 is 2.88 bits per heavy atom. The molecule has 1 aliphatic heterocycles. The number of thiophene rings is 1. The summed E-state index contributed by atoms with van der Waals surface area (Å²) in [6, 6.07) is 7.23. The van der Waals surface area contributed by atoms with E-state index in [4.69, 9.17) is 4.74 Å². The maximum atomic E-state index is 14.8. The van der Waals surface area contributed by atoms with E-state index < -0.39 is 23.9 Å². The molecule has 2 aliphatic carbocycles. The third-order valence-corrected chi connectivity index (χ3v) is 7.93. The molecule has 2 saturated carbocycles. The number of carbonyl (C=O) groups excluding carboxylic acids is 2. The molecule has 5 rings (SSSR count). The van der Waals surface area contributed by atoms with E-state index in [0.29, 0.717) is 39.3 Å². The van der Waals surface area contributed by atoms with Gasteiger partial charge in [0.2, 0.25) is 5.91 Å². The van der Waals surface area contributed by atoms with Gasteiger partial charge in [-0.15, -0.1) is 11.3 Å². The SMILES string of the molecule is COC(=O)c1cc(-c2ccc(CC(C#N)NC(=O)C3N=C4CC3C3C(C)C43)c(F)c2)cs1. The molecular weight excluding hydrogens is 429 g/mol. The Labute approximate surface area is 189 Å². The number of halogens is 1. The zero-order chi connectivity index (χ0) is 22.6. The number of amides is 1. The number of nitrogens with one attached hydrogen (secondary N) is 1. The summed E-state index contributed by atoms with van der Waals surface area (Å²) in [5, 5.41) is 14.1. The summed E-state index contributed by atoms with van der Waals surface area (Å²) >= 11 is 1.23. The summed E-state index contributed by atoms with van der Waals surface area (Å²) in [7, 11) is 1.31. The van der Waals surface area contributed by atoms with Crippen molar-refractivity contribution in [2.75, 3.05) is 7.11 Å². The van der Waals surface area contributed by atoms with Crippen molar-refractivity contribution in [3.05, 3.63) is 45.9 Å². The van der Waals surface area contributed by atoms with Crippen LogP contribution in [0.4, 0.5) is 4.39 Å². The maximum absolute atomic E-state index is 14.8. The van der Waals surface area contributed by atoms with Gasteiger partial charge in [-0.2, -0.15) is 5.26 Å². The first-order valence-electron chi connectivity index (χ1n) is 10.6. The second-order valence-corrected chi connectivity index (χ2v) is 9.70. The molecule has 1 aromatic heterocycles. The largest absolute Gasteiger partial charge is 0.465 e. The van der Waals surface area contributed by atoms with Gasteiger partial charge in [-0.05, 0) is 58.4 Å². The number of aliphatic imine (C=N–C) groups is 1. The maximum Gasteiger partial charge on any atom is 0.348 e. The minimum Gasteiger partial charge on any atom is -0.465 e. The number of rotatable bonds is 6. The van der Waals surface area contributed by atoms with Crippen molar-refractivity contribution in [2.45, 2.75) is 31.8 Å². The van der Waals surface area contributed by atoms with Crippen LogP contribution in [0.1, 0.15) is 28.6 Å². The molecule has 0 saturated heterocycles. The summed E-state index contributed by atoms with van der Waals surface area (Å²) in [5.74, 6) is 0.851. The lowest BCUT2D eigenvalue weighted by molar-refractivity contribution is -0.123. The predicted molar refractivity (Wildman–Crippen MR) is 118 cm³/mol. The van der Waals surface area contributed by atoms with E-state index in [1.807, 2.05) is 0 Å². The third-order valence-electron chi connectivity index (χ3n) is 7.02. The molecule has 1 aromatic carbocycles. The van der Waals surface area contributed by atoms with Crippen LogP contribution in [0.2, 0.25) is 0 Å². The molecule has 2 fully saturated rings. The number of hydrogen-bond donors (Lipinski definition) is 1. The fraction of sp³-hybridized carbons (Fsp3) is 0.417. The molecule has 164 valence electrons. The molecule has 3 aliphatic rings. The van der Waals surface area contributed by atoms with Crippen LogP contribution in [-0.4, -0.2) is 36.8 Å². The average Bonchev–Trinajstić information content (AvgIpc) is 3.23. The zero-order valence-corrected chi connectivity index (χ0v) is 18.5. The quantitative estimate of drug-likeness (QED) is 0.679. The summed E-state index contributed by atoms with van der Waals surface area (Å²) in [6.07, 6.45) is 0.965. The standard InChI is InChI=1S/C24H22FN3O3S/c1-11-20-16-8-18(21(11)20)28-22(16)23(29)27-15(9-26)5-13-4-3-12(6-17(13)25)14-7-19(32-10-14)24(30)31-2/h3-4,6-7,10-11,15-16,20-22H,5,8H2,1-2H3,(H,27,29). The van der Waals surface area contributed by atoms with Gasteiger partial charge in [-0.1, -0.05) is 19.1 Å². The number of ether oxygens (including phenoxy) is 1. The van der Waals surface area contributed by atoms with Crippen LogP contribution in [0.15, 0.2) is 34.6 Å². The number of hydrogen-bond acceptors (Lipinski definition) is 6. The molecule has 0 radical (unpaired) electrons. The molecule has 6 nitrogen and oxygen atoms in total. The Bertz CT molecular complexity index is 1180. The van der Waals surface area contributed by atoms with E-state index in [1.54, 1.807) is 23.6 Å². The fourth-order valence-corrected chi connectivity index (χ4v) is 6.20. The van der Waals surface area contributed by atoms with Crippen LogP contribution in [0.5, 0.6) is 0 Å². The van der Waals surface area contributed by atoms with E-state index in [0.717, 1.165) is 12.1 Å². The Kier molecular flexibility index (Phi) is 5.09. The van der Waals surface area contributed by atoms with E-state index in [2.05, 4.69) is 23.3 Å². The number of fused-ring (bicyclic) bond motifs is 5. The van der Waals surface area contributed by atoms with Crippen molar-refractivity contribution in [1.82, 2.24) is 5.32 Å². The third kappa shape index (κ3) is 3.41. The Morgan fingerprint density at radius 2 is 2.19 bits per heavy atom. The Hall–Kier alpha value is -3.05. The van der Waals surface area contributed by atoms with Crippen LogP contribution >= 0.6 is 11.3 Å². The zero-order valence-electron chi connectivity index (χ0n) is 17.7. The normalized spacial score (nSPS) is 27.8. The van der Waals surface area contributed by atoms with Gasteiger partial charge >= 0.3 is 5.97 Å². The number of carbonyl (C=O) groups is 2. The van der Waals surface area contributed by atoms with E-state index >= 15 is 0 Å². The summed E-state index contributed by atoms with van der Waals surface area (Å²) < 4.78 is 19.5.